The summed E-state index contributed by atoms with van der Waals surface area (Å²) < 4.78 is 11.6. The topological polar surface area (TPSA) is 215 Å². The Bertz CT molecular complexity index is 1690. The number of amides is 6. The zero-order valence-corrected chi connectivity index (χ0v) is 33.9. The zero-order valence-electron chi connectivity index (χ0n) is 33.9. The molecule has 3 unspecified atom stereocenters. The number of hydrogen-bond donors (Lipinski definition) is 5. The van der Waals surface area contributed by atoms with E-state index in [1.165, 1.54) is 4.90 Å². The van der Waals surface area contributed by atoms with E-state index in [-0.39, 0.29) is 50.9 Å². The van der Waals surface area contributed by atoms with Crippen molar-refractivity contribution in [3.8, 4) is 0 Å². The third-order valence-corrected chi connectivity index (χ3v) is 10.5. The van der Waals surface area contributed by atoms with Gasteiger partial charge in [0.05, 0.1) is 31.9 Å². The molecule has 58 heavy (non-hydrogen) atoms. The van der Waals surface area contributed by atoms with Crippen molar-refractivity contribution in [2.24, 2.45) is 17.6 Å². The quantitative estimate of drug-likeness (QED) is 0.117. The number of ether oxygens (including phenoxy) is 2. The molecule has 1 saturated heterocycles. The lowest BCUT2D eigenvalue weighted by molar-refractivity contribution is -0.143. The summed E-state index contributed by atoms with van der Waals surface area (Å²) in [5.41, 5.74) is 7.37. The molecule has 316 valence electrons. The molecular weight excluding hydrogens is 745 g/mol. The summed E-state index contributed by atoms with van der Waals surface area (Å²) in [5.74, 6) is -4.70. The number of carbonyl (C=O) groups is 7. The van der Waals surface area contributed by atoms with Gasteiger partial charge in [-0.15, -0.1) is 0 Å². The first-order chi connectivity index (χ1) is 27.9. The fourth-order valence-corrected chi connectivity index (χ4v) is 7.35. The number of ketones is 1. The number of nitrogens with one attached hydrogen (secondary N) is 4. The largest absolute Gasteiger partial charge is 0.449 e. The van der Waals surface area contributed by atoms with Crippen LogP contribution in [0.1, 0.15) is 89.7 Å². The van der Waals surface area contributed by atoms with Crippen LogP contribution in [0.2, 0.25) is 0 Å². The van der Waals surface area contributed by atoms with Gasteiger partial charge in [0, 0.05) is 13.0 Å². The molecular formula is C43H60N6O9. The van der Waals surface area contributed by atoms with Crippen LogP contribution in [0.25, 0.3) is 0 Å². The van der Waals surface area contributed by atoms with Crippen LogP contribution >= 0.6 is 0 Å². The van der Waals surface area contributed by atoms with E-state index < -0.39 is 78.2 Å². The molecule has 1 heterocycles. The first-order valence-corrected chi connectivity index (χ1v) is 20.5. The molecule has 1 aliphatic heterocycles. The highest BCUT2D eigenvalue weighted by molar-refractivity contribution is 6.38. The first kappa shape index (κ1) is 45.4. The second kappa shape index (κ2) is 23.2. The Hall–Kier alpha value is -5.31. The zero-order chi connectivity index (χ0) is 42.0. The minimum absolute atomic E-state index is 0.0648. The third kappa shape index (κ3) is 14.3. The predicted octanol–water partition coefficient (Wildman–Crippen LogP) is 3.08. The van der Waals surface area contributed by atoms with Gasteiger partial charge in [0.2, 0.25) is 29.4 Å². The van der Waals surface area contributed by atoms with Gasteiger partial charge >= 0.3 is 6.09 Å². The lowest BCUT2D eigenvalue weighted by Gasteiger charge is -2.34. The lowest BCUT2D eigenvalue weighted by Crippen LogP contribution is -2.58. The van der Waals surface area contributed by atoms with Gasteiger partial charge in [0.25, 0.3) is 5.91 Å². The Kier molecular flexibility index (Phi) is 18.1. The number of likely N-dealkylation sites (tertiary alicyclic amines) is 1. The standard InChI is InChI=1S/C43H60N6O9/c1-4-14-33(38(51)41(54)45-24-36(50)46-34(39(44)52)22-21-29-15-8-5-9-16-29)47-40(53)35-23-32(57-27-30-17-10-6-11-18-30)25-49(35)42(55)37(31-19-12-7-13-20-31)48-43(56)58-26-28(2)3/h5-6,8-11,15-18,28,31-35,37H,4,7,12-14,19-27H2,1-3H3,(H2,44,52)(H,45,54)(H,46,50)(H,47,53)(H,48,56)/t32-,33?,34?,35+,37?/m1/s1. The molecule has 4 rings (SSSR count). The molecule has 0 aromatic heterocycles. The molecule has 5 atom stereocenters. The number of benzene rings is 2. The molecule has 2 fully saturated rings. The van der Waals surface area contributed by atoms with Crippen molar-refractivity contribution in [2.75, 3.05) is 19.7 Å². The number of hydrogen-bond acceptors (Lipinski definition) is 9. The monoisotopic (exact) mass is 804 g/mol. The van der Waals surface area contributed by atoms with Crippen molar-refractivity contribution in [3.05, 3.63) is 71.8 Å². The van der Waals surface area contributed by atoms with Crippen LogP contribution in [-0.4, -0.2) is 96.3 Å². The number of carbonyl (C=O) groups excluding carboxylic acids is 7. The second-order valence-corrected chi connectivity index (χ2v) is 15.6. The fourth-order valence-electron chi connectivity index (χ4n) is 7.35. The second-order valence-electron chi connectivity index (χ2n) is 15.6. The summed E-state index contributed by atoms with van der Waals surface area (Å²) in [5, 5.41) is 10.3. The first-order valence-electron chi connectivity index (χ1n) is 20.5. The Morgan fingerprint density at radius 1 is 0.828 bits per heavy atom. The summed E-state index contributed by atoms with van der Waals surface area (Å²) in [6.45, 7) is 5.48. The van der Waals surface area contributed by atoms with Crippen molar-refractivity contribution in [1.82, 2.24) is 26.2 Å². The molecule has 15 nitrogen and oxygen atoms in total. The van der Waals surface area contributed by atoms with E-state index in [1.54, 1.807) is 6.92 Å². The van der Waals surface area contributed by atoms with Crippen LogP contribution in [0.4, 0.5) is 4.79 Å². The molecule has 0 radical (unpaired) electrons. The maximum atomic E-state index is 14.5. The van der Waals surface area contributed by atoms with Crippen LogP contribution in [0.3, 0.4) is 0 Å². The fraction of sp³-hybridized carbons (Fsp3) is 0.558. The van der Waals surface area contributed by atoms with Gasteiger partial charge in [0.1, 0.15) is 18.1 Å². The summed E-state index contributed by atoms with van der Waals surface area (Å²) in [6.07, 6.45) is 4.36. The average molecular weight is 805 g/mol. The van der Waals surface area contributed by atoms with Crippen molar-refractivity contribution in [2.45, 2.75) is 122 Å². The average Bonchev–Trinajstić information content (AvgIpc) is 3.66. The molecule has 1 saturated carbocycles. The van der Waals surface area contributed by atoms with E-state index >= 15 is 0 Å². The van der Waals surface area contributed by atoms with Crippen LogP contribution in [0, 0.1) is 11.8 Å². The normalized spacial score (nSPS) is 18.4. The summed E-state index contributed by atoms with van der Waals surface area (Å²) in [4.78, 5) is 94.3. The van der Waals surface area contributed by atoms with Crippen LogP contribution in [0.15, 0.2) is 60.7 Å². The van der Waals surface area contributed by atoms with E-state index in [1.807, 2.05) is 74.5 Å². The SMILES string of the molecule is CCCC(NC(=O)[C@@H]1C[C@@H](OCc2ccccc2)CN1C(=O)C(NC(=O)OCC(C)C)C1CCCCC1)C(=O)C(=O)NCC(=O)NC(CCc1ccccc1)C(N)=O. The molecule has 2 aromatic rings. The molecule has 0 bridgehead atoms. The van der Waals surface area contributed by atoms with Gasteiger partial charge in [-0.3, -0.25) is 28.8 Å². The van der Waals surface area contributed by atoms with Gasteiger partial charge in [-0.25, -0.2) is 4.79 Å². The van der Waals surface area contributed by atoms with Gasteiger partial charge in [-0.1, -0.05) is 107 Å². The highest BCUT2D eigenvalue weighted by Gasteiger charge is 2.45. The maximum Gasteiger partial charge on any atom is 0.407 e. The van der Waals surface area contributed by atoms with Gasteiger partial charge < -0.3 is 41.4 Å². The van der Waals surface area contributed by atoms with Crippen LogP contribution < -0.4 is 27.0 Å². The van der Waals surface area contributed by atoms with Gasteiger partial charge in [0.15, 0.2) is 0 Å². The van der Waals surface area contributed by atoms with E-state index in [0.29, 0.717) is 12.8 Å². The number of alkyl carbamates (subject to hydrolysis) is 1. The van der Waals surface area contributed by atoms with E-state index in [0.717, 1.165) is 43.2 Å². The summed E-state index contributed by atoms with van der Waals surface area (Å²) >= 11 is 0. The van der Waals surface area contributed by atoms with Gasteiger partial charge in [-0.05, 0) is 55.1 Å². The van der Waals surface area contributed by atoms with Crippen molar-refractivity contribution in [3.63, 3.8) is 0 Å². The van der Waals surface area contributed by atoms with Crippen LogP contribution in [-0.2, 0) is 51.3 Å². The summed E-state index contributed by atoms with van der Waals surface area (Å²) in [6, 6.07) is 14.6. The molecule has 2 aromatic carbocycles. The smallest absolute Gasteiger partial charge is 0.407 e. The molecule has 6 amide bonds. The minimum Gasteiger partial charge on any atom is -0.449 e. The molecule has 1 aliphatic carbocycles. The number of nitrogens with zero attached hydrogens (tertiary/aromatic N) is 1. The number of rotatable bonds is 21. The molecule has 15 heteroatoms. The Morgan fingerprint density at radius 3 is 2.10 bits per heavy atom. The van der Waals surface area contributed by atoms with Crippen LogP contribution in [0.5, 0.6) is 0 Å². The number of aryl methyl sites for hydroxylation is 1. The Morgan fingerprint density at radius 2 is 1.48 bits per heavy atom. The van der Waals surface area contributed by atoms with E-state index in [9.17, 15) is 33.6 Å². The highest BCUT2D eigenvalue weighted by atomic mass is 16.5. The number of nitrogens with two attached hydrogens (primary N) is 1. The maximum absolute atomic E-state index is 14.5. The lowest BCUT2D eigenvalue weighted by atomic mass is 9.83. The highest BCUT2D eigenvalue weighted by Crippen LogP contribution is 2.30. The number of Topliss-reactive ketones (excluding diaryl/α,β-unsaturated/α-hetero) is 1. The summed E-state index contributed by atoms with van der Waals surface area (Å²) in [7, 11) is 0. The Labute approximate surface area is 340 Å². The number of primary amides is 1. The van der Waals surface area contributed by atoms with Crippen molar-refractivity contribution in [1.29, 1.82) is 0 Å². The van der Waals surface area contributed by atoms with E-state index in [4.69, 9.17) is 15.2 Å². The van der Waals surface area contributed by atoms with Crippen molar-refractivity contribution >= 4 is 41.4 Å². The van der Waals surface area contributed by atoms with Crippen molar-refractivity contribution < 1.29 is 43.0 Å². The molecule has 6 N–H and O–H groups in total. The Balaban J connectivity index is 1.44. The third-order valence-electron chi connectivity index (χ3n) is 10.5. The minimum atomic E-state index is -1.26. The molecule has 0 spiro atoms. The van der Waals surface area contributed by atoms with Gasteiger partial charge in [-0.2, -0.15) is 0 Å². The predicted molar refractivity (Wildman–Crippen MR) is 216 cm³/mol. The van der Waals surface area contributed by atoms with E-state index in [2.05, 4.69) is 21.3 Å². The molecule has 2 aliphatic rings.